The van der Waals surface area contributed by atoms with Gasteiger partial charge in [0.25, 0.3) is 5.91 Å². The van der Waals surface area contributed by atoms with E-state index in [-0.39, 0.29) is 30.9 Å². The smallest absolute Gasteiger partial charge is 0.290 e. The van der Waals surface area contributed by atoms with Crippen molar-refractivity contribution in [3.8, 4) is 22.7 Å². The first kappa shape index (κ1) is 25.6. The first-order valence-corrected chi connectivity index (χ1v) is 12.6. The zero-order valence-corrected chi connectivity index (χ0v) is 21.6. The van der Waals surface area contributed by atoms with Gasteiger partial charge in [0.05, 0.1) is 30.9 Å². The van der Waals surface area contributed by atoms with Crippen molar-refractivity contribution in [2.75, 3.05) is 32.1 Å². The van der Waals surface area contributed by atoms with Crippen molar-refractivity contribution in [1.29, 1.82) is 0 Å². The highest BCUT2D eigenvalue weighted by Crippen LogP contribution is 2.27. The van der Waals surface area contributed by atoms with Gasteiger partial charge >= 0.3 is 0 Å². The molecule has 1 aliphatic rings. The van der Waals surface area contributed by atoms with Crippen LogP contribution < -0.4 is 10.1 Å². The quantitative estimate of drug-likeness (QED) is 0.322. The van der Waals surface area contributed by atoms with E-state index in [1.165, 1.54) is 11.2 Å². The van der Waals surface area contributed by atoms with Gasteiger partial charge < -0.3 is 18.8 Å². The van der Waals surface area contributed by atoms with Gasteiger partial charge in [0, 0.05) is 36.0 Å². The van der Waals surface area contributed by atoms with E-state index >= 15 is 0 Å². The Morgan fingerprint density at radius 1 is 1.18 bits per heavy atom. The highest BCUT2D eigenvalue weighted by Gasteiger charge is 2.27. The maximum atomic E-state index is 13.3. The summed E-state index contributed by atoms with van der Waals surface area (Å²) in [4.78, 5) is 32.5. The van der Waals surface area contributed by atoms with Crippen molar-refractivity contribution in [2.45, 2.75) is 18.9 Å². The van der Waals surface area contributed by atoms with Crippen LogP contribution in [0.3, 0.4) is 0 Å². The molecular weight excluding hydrogens is 508 g/mol. The topological polar surface area (TPSA) is 98.8 Å². The number of nitrogens with zero attached hydrogens (tertiary/aromatic N) is 3. The molecule has 1 N–H and O–H groups in total. The Bertz CT molecular complexity index is 1400. The number of ether oxygens (including phenoxy) is 2. The summed E-state index contributed by atoms with van der Waals surface area (Å²) in [5.74, 6) is 0.349. The molecule has 2 aromatic carbocycles. The van der Waals surface area contributed by atoms with Crippen LogP contribution in [0.2, 0.25) is 5.02 Å². The highest BCUT2D eigenvalue weighted by molar-refractivity contribution is 6.30. The number of imidazole rings is 1. The predicted molar refractivity (Wildman–Crippen MR) is 143 cm³/mol. The van der Waals surface area contributed by atoms with Gasteiger partial charge in [0.15, 0.2) is 5.76 Å². The lowest BCUT2D eigenvalue weighted by Crippen LogP contribution is -2.42. The summed E-state index contributed by atoms with van der Waals surface area (Å²) in [6, 6.07) is 17.9. The minimum Gasteiger partial charge on any atom is -0.497 e. The van der Waals surface area contributed by atoms with E-state index in [0.717, 1.165) is 24.1 Å². The number of hydrogen-bond donors (Lipinski definition) is 1. The zero-order chi connectivity index (χ0) is 26.5. The van der Waals surface area contributed by atoms with Crippen LogP contribution in [0.25, 0.3) is 16.9 Å². The van der Waals surface area contributed by atoms with Gasteiger partial charge in [-0.05, 0) is 49.2 Å². The van der Waals surface area contributed by atoms with Crippen LogP contribution in [-0.2, 0) is 9.53 Å². The third-order valence-electron chi connectivity index (χ3n) is 6.23. The van der Waals surface area contributed by atoms with Crippen molar-refractivity contribution < 1.29 is 23.5 Å². The highest BCUT2D eigenvalue weighted by atomic mass is 35.5. The number of benzene rings is 2. The molecule has 5 rings (SSSR count). The molecule has 0 bridgehead atoms. The van der Waals surface area contributed by atoms with Crippen LogP contribution in [0, 0.1) is 0 Å². The third-order valence-corrected chi connectivity index (χ3v) is 6.48. The lowest BCUT2D eigenvalue weighted by molar-refractivity contribution is -0.117. The van der Waals surface area contributed by atoms with E-state index in [1.807, 2.05) is 42.6 Å². The van der Waals surface area contributed by atoms with E-state index < -0.39 is 5.91 Å². The second-order valence-corrected chi connectivity index (χ2v) is 9.31. The fraction of sp³-hybridized carbons (Fsp3) is 0.250. The zero-order valence-electron chi connectivity index (χ0n) is 20.8. The standard InChI is InChI=1S/C28H27ClN4O5/c1-36-22-6-2-5-21(15-22)33-17-24(19-9-11-20(29)12-10-19)30-28(33)31-26(34)18-32(16-23-7-3-13-37-23)27(35)25-8-4-14-38-25/h2,4-6,8-12,14-15,17,23H,3,7,13,16,18H2,1H3,(H,30,31,34)/t23-/m0/s1. The average Bonchev–Trinajstić information content (AvgIpc) is 3.71. The molecule has 1 aliphatic heterocycles. The van der Waals surface area contributed by atoms with Crippen molar-refractivity contribution in [3.63, 3.8) is 0 Å². The summed E-state index contributed by atoms with van der Waals surface area (Å²) in [5.41, 5.74) is 2.22. The molecule has 0 spiro atoms. The third kappa shape index (κ3) is 5.90. The summed E-state index contributed by atoms with van der Waals surface area (Å²) in [6.45, 7) is 0.735. The van der Waals surface area contributed by atoms with Crippen LogP contribution in [0.15, 0.2) is 77.5 Å². The number of nitrogens with one attached hydrogen (secondary N) is 1. The summed E-state index contributed by atoms with van der Waals surface area (Å²) in [7, 11) is 1.59. The monoisotopic (exact) mass is 534 g/mol. The average molecular weight is 535 g/mol. The number of carbonyl (C=O) groups excluding carboxylic acids is 2. The van der Waals surface area contributed by atoms with Crippen LogP contribution in [0.1, 0.15) is 23.4 Å². The molecule has 9 nitrogen and oxygen atoms in total. The maximum absolute atomic E-state index is 13.3. The van der Waals surface area contributed by atoms with Crippen LogP contribution >= 0.6 is 11.6 Å². The molecule has 1 saturated heterocycles. The van der Waals surface area contributed by atoms with Crippen molar-refractivity contribution in [3.05, 3.63) is 83.9 Å². The molecule has 0 radical (unpaired) electrons. The second kappa shape index (κ2) is 11.5. The molecule has 0 aliphatic carbocycles. The Hall–Kier alpha value is -4.08. The molecule has 0 unspecified atom stereocenters. The lowest BCUT2D eigenvalue weighted by Gasteiger charge is -2.24. The second-order valence-electron chi connectivity index (χ2n) is 8.87. The number of halogens is 1. The fourth-order valence-electron chi connectivity index (χ4n) is 4.33. The summed E-state index contributed by atoms with van der Waals surface area (Å²) >= 11 is 6.06. The molecule has 3 heterocycles. The Labute approximate surface area is 224 Å². The minimum atomic E-state index is -0.402. The number of rotatable bonds is 9. The molecule has 196 valence electrons. The SMILES string of the molecule is COc1cccc(-n2cc(-c3ccc(Cl)cc3)nc2NC(=O)CN(C[C@@H]2CCCO2)C(=O)c2ccco2)c1. The van der Waals surface area contributed by atoms with Crippen LogP contribution in [0.5, 0.6) is 5.75 Å². The Morgan fingerprint density at radius 3 is 2.74 bits per heavy atom. The molecule has 0 saturated carbocycles. The van der Waals surface area contributed by atoms with E-state index in [0.29, 0.717) is 29.0 Å². The number of carbonyl (C=O) groups is 2. The maximum Gasteiger partial charge on any atom is 0.290 e. The molecule has 38 heavy (non-hydrogen) atoms. The van der Waals surface area contributed by atoms with E-state index in [2.05, 4.69) is 10.3 Å². The van der Waals surface area contributed by atoms with Crippen molar-refractivity contribution in [2.24, 2.45) is 0 Å². The number of furan rings is 1. The lowest BCUT2D eigenvalue weighted by atomic mass is 10.2. The number of amides is 2. The van der Waals surface area contributed by atoms with Gasteiger partial charge in [0.2, 0.25) is 11.9 Å². The van der Waals surface area contributed by atoms with Crippen LogP contribution in [-0.4, -0.2) is 59.2 Å². The van der Waals surface area contributed by atoms with Gasteiger partial charge in [-0.3, -0.25) is 19.5 Å². The van der Waals surface area contributed by atoms with E-state index in [9.17, 15) is 9.59 Å². The summed E-state index contributed by atoms with van der Waals surface area (Å²) in [5, 5.41) is 3.50. The fourth-order valence-corrected chi connectivity index (χ4v) is 4.46. The number of aromatic nitrogens is 2. The number of hydrogen-bond acceptors (Lipinski definition) is 6. The molecule has 2 aromatic heterocycles. The van der Waals surface area contributed by atoms with Gasteiger partial charge in [0.1, 0.15) is 12.3 Å². The molecule has 10 heteroatoms. The molecule has 1 atom stereocenters. The number of methoxy groups -OCH3 is 1. The Morgan fingerprint density at radius 2 is 2.03 bits per heavy atom. The minimum absolute atomic E-state index is 0.128. The predicted octanol–water partition coefficient (Wildman–Crippen LogP) is 5.05. The summed E-state index contributed by atoms with van der Waals surface area (Å²) in [6.07, 6.45) is 4.88. The van der Waals surface area contributed by atoms with Crippen molar-refractivity contribution >= 4 is 29.4 Å². The van der Waals surface area contributed by atoms with Crippen LogP contribution in [0.4, 0.5) is 5.95 Å². The van der Waals surface area contributed by atoms with Gasteiger partial charge in [-0.2, -0.15) is 0 Å². The summed E-state index contributed by atoms with van der Waals surface area (Å²) < 4.78 is 18.2. The first-order valence-electron chi connectivity index (χ1n) is 12.2. The Kier molecular flexibility index (Phi) is 7.76. The van der Waals surface area contributed by atoms with Crippen molar-refractivity contribution in [1.82, 2.24) is 14.5 Å². The molecule has 1 fully saturated rings. The number of anilines is 1. The largest absolute Gasteiger partial charge is 0.497 e. The first-order chi connectivity index (χ1) is 18.5. The van der Waals surface area contributed by atoms with Gasteiger partial charge in [-0.15, -0.1) is 0 Å². The van der Waals surface area contributed by atoms with Gasteiger partial charge in [-0.1, -0.05) is 29.8 Å². The molecule has 4 aromatic rings. The van der Waals surface area contributed by atoms with Gasteiger partial charge in [-0.25, -0.2) is 4.98 Å². The molecule has 2 amide bonds. The Balaban J connectivity index is 1.42. The van der Waals surface area contributed by atoms with E-state index in [1.54, 1.807) is 35.9 Å². The molecular formula is C28H27ClN4O5. The van der Waals surface area contributed by atoms with E-state index in [4.69, 9.17) is 25.5 Å². The normalized spacial score (nSPS) is 14.8.